The average Bonchev–Trinajstić information content (AvgIpc) is 2.93. The maximum Gasteiger partial charge on any atom is 0.416 e. The Morgan fingerprint density at radius 1 is 0.810 bits per heavy atom. The highest BCUT2D eigenvalue weighted by molar-refractivity contribution is 5.89. The summed E-state index contributed by atoms with van der Waals surface area (Å²) in [7, 11) is 0. The number of hydrogen-bond donors (Lipinski definition) is 3. The van der Waals surface area contributed by atoms with Gasteiger partial charge in [-0.05, 0) is 78.9 Å². The molecule has 2 amide bonds. The molecule has 11 heteroatoms. The molecule has 3 N–H and O–H groups in total. The minimum Gasteiger partial charge on any atom is -0.376 e. The van der Waals surface area contributed by atoms with Crippen molar-refractivity contribution in [3.63, 3.8) is 0 Å². The maximum atomic E-state index is 13.2. The zero-order valence-electron chi connectivity index (χ0n) is 23.0. The van der Waals surface area contributed by atoms with Gasteiger partial charge in [-0.2, -0.15) is 26.3 Å². The van der Waals surface area contributed by atoms with E-state index in [-0.39, 0.29) is 23.2 Å². The molecule has 42 heavy (non-hydrogen) atoms. The Morgan fingerprint density at radius 2 is 1.29 bits per heavy atom. The fourth-order valence-corrected chi connectivity index (χ4v) is 4.90. The summed E-state index contributed by atoms with van der Waals surface area (Å²) in [6.07, 6.45) is -7.06. The van der Waals surface area contributed by atoms with Gasteiger partial charge in [-0.25, -0.2) is 4.79 Å². The number of hydrogen-bond acceptors (Lipinski definition) is 3. The minimum atomic E-state index is -4.58. The predicted molar refractivity (Wildman–Crippen MR) is 148 cm³/mol. The van der Waals surface area contributed by atoms with E-state index in [9.17, 15) is 36.2 Å². The first-order chi connectivity index (χ1) is 19.7. The number of carbonyl (C=O) groups excluding carboxylic acids is 1. The lowest BCUT2D eigenvalue weighted by molar-refractivity contribution is -0.138. The van der Waals surface area contributed by atoms with Crippen LogP contribution in [0.4, 0.5) is 36.8 Å². The van der Waals surface area contributed by atoms with Crippen molar-refractivity contribution in [1.29, 1.82) is 0 Å². The van der Waals surface area contributed by atoms with Crippen molar-refractivity contribution in [2.24, 2.45) is 0 Å². The molecule has 0 bridgehead atoms. The first kappa shape index (κ1) is 31.1. The summed E-state index contributed by atoms with van der Waals surface area (Å²) in [5.74, 6) is 0. The highest BCUT2D eigenvalue weighted by atomic mass is 19.4. The molecule has 1 aliphatic heterocycles. The van der Waals surface area contributed by atoms with Crippen LogP contribution in [0.2, 0.25) is 0 Å². The van der Waals surface area contributed by atoms with Crippen LogP contribution in [0.15, 0.2) is 84.4 Å². The van der Waals surface area contributed by atoms with Crippen LogP contribution >= 0.6 is 0 Å². The lowest BCUT2D eigenvalue weighted by atomic mass is 9.77. The molecule has 0 aliphatic carbocycles. The third-order valence-electron chi connectivity index (χ3n) is 7.06. The molecule has 0 spiro atoms. The molecule has 0 atom stereocenters. The maximum absolute atomic E-state index is 13.2. The number of carbonyl (C=O) groups is 1. The van der Waals surface area contributed by atoms with Crippen LogP contribution in [0.3, 0.4) is 0 Å². The average molecular weight is 592 g/mol. The molecule has 4 rings (SSSR count). The van der Waals surface area contributed by atoms with Gasteiger partial charge in [-0.1, -0.05) is 42.5 Å². The number of urea groups is 1. The Morgan fingerprint density at radius 3 is 1.69 bits per heavy atom. The van der Waals surface area contributed by atoms with E-state index in [0.717, 1.165) is 54.1 Å². The number of rotatable bonds is 7. The van der Waals surface area contributed by atoms with Crippen molar-refractivity contribution in [3.05, 3.63) is 112 Å². The van der Waals surface area contributed by atoms with Crippen LogP contribution in [-0.2, 0) is 24.5 Å². The zero-order chi connectivity index (χ0) is 30.7. The molecule has 0 radical (unpaired) electrons. The molecule has 3 aromatic carbocycles. The Kier molecular flexibility index (Phi) is 9.03. The molecule has 0 saturated heterocycles. The lowest BCUT2D eigenvalue weighted by Gasteiger charge is -2.37. The van der Waals surface area contributed by atoms with Crippen LogP contribution in [-0.4, -0.2) is 35.2 Å². The van der Waals surface area contributed by atoms with Crippen LogP contribution < -0.4 is 10.6 Å². The third kappa shape index (κ3) is 7.32. The quantitative estimate of drug-likeness (QED) is 0.199. The summed E-state index contributed by atoms with van der Waals surface area (Å²) >= 11 is 0. The summed E-state index contributed by atoms with van der Waals surface area (Å²) in [5.41, 5.74) is -1.38. The van der Waals surface area contributed by atoms with Crippen molar-refractivity contribution in [2.75, 3.05) is 18.4 Å². The number of aliphatic hydroxyl groups is 1. The summed E-state index contributed by atoms with van der Waals surface area (Å²) in [5, 5.41) is 17.5. The summed E-state index contributed by atoms with van der Waals surface area (Å²) < 4.78 is 79.1. The molecule has 0 aromatic heterocycles. The van der Waals surface area contributed by atoms with Gasteiger partial charge in [0.2, 0.25) is 0 Å². The van der Waals surface area contributed by atoms with Gasteiger partial charge in [-0.15, -0.1) is 0 Å². The summed E-state index contributed by atoms with van der Waals surface area (Å²) in [6.45, 7) is 5.16. The van der Waals surface area contributed by atoms with Crippen molar-refractivity contribution in [3.8, 4) is 0 Å². The van der Waals surface area contributed by atoms with E-state index in [0.29, 0.717) is 37.3 Å². The standard InChI is InChI=1S/C31H31F6N3O2/c1-20(2)38-28(41)39-27-13-3-21(4-14-27)19-40-17-15-24(16-18-40)29(42,22-5-9-25(10-6-22)30(32,33)34)23-7-11-26(12-8-23)31(35,36)37/h3-15,20,42H,16-19H2,1-2H3,(H2,38,39,41). The van der Waals surface area contributed by atoms with Gasteiger partial charge in [0.15, 0.2) is 0 Å². The van der Waals surface area contributed by atoms with E-state index in [1.807, 2.05) is 26.0 Å². The molecule has 0 fully saturated rings. The van der Waals surface area contributed by atoms with Crippen molar-refractivity contribution < 1.29 is 36.2 Å². The molecule has 224 valence electrons. The lowest BCUT2D eigenvalue weighted by Crippen LogP contribution is -2.37. The Hall–Kier alpha value is -3.83. The van der Waals surface area contributed by atoms with Crippen molar-refractivity contribution >= 4 is 11.7 Å². The van der Waals surface area contributed by atoms with Gasteiger partial charge in [0, 0.05) is 31.4 Å². The number of amides is 2. The zero-order valence-corrected chi connectivity index (χ0v) is 23.0. The molecular formula is C31H31F6N3O2. The Bertz CT molecular complexity index is 1340. The molecule has 0 unspecified atom stereocenters. The summed E-state index contributed by atoms with van der Waals surface area (Å²) in [4.78, 5) is 14.0. The van der Waals surface area contributed by atoms with Crippen LogP contribution in [0, 0.1) is 0 Å². The number of nitrogens with zero attached hydrogens (tertiary/aromatic N) is 1. The fourth-order valence-electron chi connectivity index (χ4n) is 4.90. The molecule has 1 heterocycles. The van der Waals surface area contributed by atoms with Gasteiger partial charge in [0.1, 0.15) is 5.60 Å². The van der Waals surface area contributed by atoms with E-state index in [4.69, 9.17) is 0 Å². The van der Waals surface area contributed by atoms with E-state index >= 15 is 0 Å². The SMILES string of the molecule is CC(C)NC(=O)Nc1ccc(CN2CC=C(C(O)(c3ccc(C(F)(F)F)cc3)c3ccc(C(F)(F)F)cc3)CC2)cc1. The molecule has 5 nitrogen and oxygen atoms in total. The largest absolute Gasteiger partial charge is 0.416 e. The predicted octanol–water partition coefficient (Wildman–Crippen LogP) is 7.32. The third-order valence-corrected chi connectivity index (χ3v) is 7.06. The number of nitrogens with one attached hydrogen (secondary N) is 2. The van der Waals surface area contributed by atoms with Gasteiger partial charge >= 0.3 is 18.4 Å². The van der Waals surface area contributed by atoms with E-state index in [2.05, 4.69) is 15.5 Å². The second kappa shape index (κ2) is 12.2. The normalized spacial score (nSPS) is 15.0. The van der Waals surface area contributed by atoms with Gasteiger partial charge in [0.25, 0.3) is 0 Å². The van der Waals surface area contributed by atoms with E-state index in [1.54, 1.807) is 18.2 Å². The molecule has 3 aromatic rings. The molecule has 1 aliphatic rings. The van der Waals surface area contributed by atoms with E-state index in [1.165, 1.54) is 0 Å². The van der Waals surface area contributed by atoms with Gasteiger partial charge in [-0.3, -0.25) is 4.90 Å². The highest BCUT2D eigenvalue weighted by Gasteiger charge is 2.39. The topological polar surface area (TPSA) is 64.6 Å². The fraction of sp³-hybridized carbons (Fsp3) is 0.323. The number of benzene rings is 3. The highest BCUT2D eigenvalue weighted by Crippen LogP contribution is 2.42. The number of halogens is 6. The molecular weight excluding hydrogens is 560 g/mol. The minimum absolute atomic E-state index is 0.00233. The Labute approximate surface area is 239 Å². The van der Waals surface area contributed by atoms with Crippen LogP contribution in [0.5, 0.6) is 0 Å². The first-order valence-electron chi connectivity index (χ1n) is 13.3. The summed E-state index contributed by atoms with van der Waals surface area (Å²) in [6, 6.07) is 15.1. The number of alkyl halides is 6. The monoisotopic (exact) mass is 591 g/mol. The Balaban J connectivity index is 1.55. The second-order valence-corrected chi connectivity index (χ2v) is 10.5. The van der Waals surface area contributed by atoms with Crippen LogP contribution in [0.25, 0.3) is 0 Å². The van der Waals surface area contributed by atoms with Crippen LogP contribution in [0.1, 0.15) is 48.1 Å². The first-order valence-corrected chi connectivity index (χ1v) is 13.3. The number of anilines is 1. The van der Waals surface area contributed by atoms with Crippen molar-refractivity contribution in [1.82, 2.24) is 10.2 Å². The van der Waals surface area contributed by atoms with Gasteiger partial charge < -0.3 is 15.7 Å². The van der Waals surface area contributed by atoms with E-state index < -0.39 is 29.1 Å². The molecule has 0 saturated carbocycles. The van der Waals surface area contributed by atoms with Gasteiger partial charge in [0.05, 0.1) is 11.1 Å². The van der Waals surface area contributed by atoms with Crippen molar-refractivity contribution in [2.45, 2.75) is 50.8 Å². The smallest absolute Gasteiger partial charge is 0.376 e. The second-order valence-electron chi connectivity index (χ2n) is 10.5.